The van der Waals surface area contributed by atoms with E-state index in [2.05, 4.69) is 50.8 Å². The topological polar surface area (TPSA) is 19.4 Å². The molecule has 4 heteroatoms. The molecule has 0 radical (unpaired) electrons. The molecule has 15 heavy (non-hydrogen) atoms. The van der Waals surface area contributed by atoms with Gasteiger partial charge in [-0.25, -0.2) is 4.98 Å². The molecule has 1 aliphatic heterocycles. The van der Waals surface area contributed by atoms with Crippen molar-refractivity contribution in [1.82, 2.24) is 9.88 Å². The predicted molar refractivity (Wildman–Crippen MR) is 66.2 cm³/mol. The predicted octanol–water partition coefficient (Wildman–Crippen LogP) is 1.98. The average Bonchev–Trinajstić information content (AvgIpc) is 2.20. The van der Waals surface area contributed by atoms with Gasteiger partial charge in [0.1, 0.15) is 5.82 Å². The molecule has 0 bridgehead atoms. The second-order valence-corrected chi connectivity index (χ2v) is 5.05. The van der Waals surface area contributed by atoms with Gasteiger partial charge >= 0.3 is 0 Å². The number of likely N-dealkylation sites (N-methyl/N-ethyl adjacent to an activating group) is 1. The summed E-state index contributed by atoms with van der Waals surface area (Å²) in [6.07, 6.45) is 1.86. The molecule has 1 unspecified atom stereocenters. The highest BCUT2D eigenvalue weighted by Crippen LogP contribution is 2.19. The Hall–Kier alpha value is -0.610. The van der Waals surface area contributed by atoms with Gasteiger partial charge in [-0.15, -0.1) is 0 Å². The van der Waals surface area contributed by atoms with Crippen LogP contribution in [0.25, 0.3) is 0 Å². The van der Waals surface area contributed by atoms with Crippen LogP contribution in [0.3, 0.4) is 0 Å². The highest BCUT2D eigenvalue weighted by Gasteiger charge is 2.22. The third-order valence-electron chi connectivity index (χ3n) is 2.84. The highest BCUT2D eigenvalue weighted by molar-refractivity contribution is 9.10. The number of nitrogens with zero attached hydrogens (tertiary/aromatic N) is 3. The molecule has 0 saturated carbocycles. The first-order valence-corrected chi connectivity index (χ1v) is 6.03. The zero-order valence-electron chi connectivity index (χ0n) is 9.15. The molecule has 0 spiro atoms. The quantitative estimate of drug-likeness (QED) is 0.778. The number of aromatic nitrogens is 1. The Balaban J connectivity index is 2.13. The van der Waals surface area contributed by atoms with Gasteiger partial charge < -0.3 is 9.80 Å². The lowest BCUT2D eigenvalue weighted by atomic mass is 10.2. The molecule has 0 aromatic carbocycles. The van der Waals surface area contributed by atoms with Gasteiger partial charge in [-0.05, 0) is 42.0 Å². The maximum atomic E-state index is 4.44. The Morgan fingerprint density at radius 3 is 2.80 bits per heavy atom. The van der Waals surface area contributed by atoms with Crippen molar-refractivity contribution < 1.29 is 0 Å². The SMILES string of the molecule is CC1CN(C)CCN1c1ccc(Br)cn1. The van der Waals surface area contributed by atoms with E-state index in [-0.39, 0.29) is 0 Å². The van der Waals surface area contributed by atoms with Crippen LogP contribution in [-0.2, 0) is 0 Å². The summed E-state index contributed by atoms with van der Waals surface area (Å²) in [5.41, 5.74) is 0. The molecule has 1 atom stereocenters. The number of rotatable bonds is 1. The van der Waals surface area contributed by atoms with Gasteiger partial charge in [-0.1, -0.05) is 0 Å². The van der Waals surface area contributed by atoms with Crippen molar-refractivity contribution in [2.75, 3.05) is 31.6 Å². The summed E-state index contributed by atoms with van der Waals surface area (Å²) in [5, 5.41) is 0. The second-order valence-electron chi connectivity index (χ2n) is 4.14. The van der Waals surface area contributed by atoms with Crippen molar-refractivity contribution in [3.8, 4) is 0 Å². The first-order valence-electron chi connectivity index (χ1n) is 5.23. The van der Waals surface area contributed by atoms with E-state index in [0.29, 0.717) is 6.04 Å². The fraction of sp³-hybridized carbons (Fsp3) is 0.545. The molecule has 1 fully saturated rings. The number of hydrogen-bond acceptors (Lipinski definition) is 3. The molecule has 2 rings (SSSR count). The van der Waals surface area contributed by atoms with Gasteiger partial charge in [0.25, 0.3) is 0 Å². The van der Waals surface area contributed by atoms with E-state index in [1.54, 1.807) is 0 Å². The van der Waals surface area contributed by atoms with Gasteiger partial charge in [-0.3, -0.25) is 0 Å². The third-order valence-corrected chi connectivity index (χ3v) is 3.31. The van der Waals surface area contributed by atoms with E-state index < -0.39 is 0 Å². The molecular formula is C11H16BrN3. The van der Waals surface area contributed by atoms with Crippen molar-refractivity contribution in [1.29, 1.82) is 0 Å². The van der Waals surface area contributed by atoms with Gasteiger partial charge in [0.2, 0.25) is 0 Å². The fourth-order valence-electron chi connectivity index (χ4n) is 2.02. The zero-order chi connectivity index (χ0) is 10.8. The summed E-state index contributed by atoms with van der Waals surface area (Å²) < 4.78 is 1.04. The fourth-order valence-corrected chi connectivity index (χ4v) is 2.25. The monoisotopic (exact) mass is 269 g/mol. The minimum absolute atomic E-state index is 0.539. The minimum atomic E-state index is 0.539. The number of pyridine rings is 1. The Morgan fingerprint density at radius 2 is 2.20 bits per heavy atom. The number of anilines is 1. The molecule has 0 aliphatic carbocycles. The number of hydrogen-bond donors (Lipinski definition) is 0. The molecule has 2 heterocycles. The Bertz CT molecular complexity index is 325. The first kappa shape index (κ1) is 10.9. The van der Waals surface area contributed by atoms with E-state index in [1.165, 1.54) is 0 Å². The highest BCUT2D eigenvalue weighted by atomic mass is 79.9. The van der Waals surface area contributed by atoms with Crippen LogP contribution in [0.4, 0.5) is 5.82 Å². The van der Waals surface area contributed by atoms with Crippen LogP contribution < -0.4 is 4.90 Å². The van der Waals surface area contributed by atoms with E-state index in [4.69, 9.17) is 0 Å². The normalized spacial score (nSPS) is 23.1. The summed E-state index contributed by atoms with van der Waals surface area (Å²) >= 11 is 3.40. The third kappa shape index (κ3) is 2.49. The molecule has 1 aromatic rings. The summed E-state index contributed by atoms with van der Waals surface area (Å²) in [6.45, 7) is 5.53. The Morgan fingerprint density at radius 1 is 1.40 bits per heavy atom. The van der Waals surface area contributed by atoms with Crippen molar-refractivity contribution in [3.63, 3.8) is 0 Å². The Labute approximate surface area is 99.2 Å². The first-order chi connectivity index (χ1) is 7.16. The van der Waals surface area contributed by atoms with Gasteiger partial charge in [0.15, 0.2) is 0 Å². The summed E-state index contributed by atoms with van der Waals surface area (Å²) in [4.78, 5) is 9.17. The lowest BCUT2D eigenvalue weighted by molar-refractivity contribution is 0.274. The molecule has 82 valence electrons. The van der Waals surface area contributed by atoms with E-state index in [0.717, 1.165) is 29.9 Å². The lowest BCUT2D eigenvalue weighted by Crippen LogP contribution is -2.50. The van der Waals surface area contributed by atoms with Crippen molar-refractivity contribution in [3.05, 3.63) is 22.8 Å². The maximum absolute atomic E-state index is 4.44. The molecular weight excluding hydrogens is 254 g/mol. The van der Waals surface area contributed by atoms with Gasteiger partial charge in [0, 0.05) is 36.3 Å². The molecule has 1 saturated heterocycles. The summed E-state index contributed by atoms with van der Waals surface area (Å²) in [7, 11) is 2.17. The van der Waals surface area contributed by atoms with Crippen molar-refractivity contribution in [2.24, 2.45) is 0 Å². The summed E-state index contributed by atoms with van der Waals surface area (Å²) in [5.74, 6) is 1.08. The van der Waals surface area contributed by atoms with Crippen LogP contribution in [0, 0.1) is 0 Å². The molecule has 1 aliphatic rings. The molecule has 0 N–H and O–H groups in total. The van der Waals surface area contributed by atoms with Crippen LogP contribution in [0.5, 0.6) is 0 Å². The van der Waals surface area contributed by atoms with Crippen LogP contribution in [-0.4, -0.2) is 42.6 Å². The number of halogens is 1. The van der Waals surface area contributed by atoms with Crippen LogP contribution >= 0.6 is 15.9 Å². The minimum Gasteiger partial charge on any atom is -0.351 e. The molecule has 1 aromatic heterocycles. The smallest absolute Gasteiger partial charge is 0.128 e. The van der Waals surface area contributed by atoms with Crippen LogP contribution in [0.15, 0.2) is 22.8 Å². The van der Waals surface area contributed by atoms with Crippen LogP contribution in [0.1, 0.15) is 6.92 Å². The zero-order valence-corrected chi connectivity index (χ0v) is 10.7. The van der Waals surface area contributed by atoms with Crippen molar-refractivity contribution >= 4 is 21.7 Å². The average molecular weight is 270 g/mol. The Kier molecular flexibility index (Phi) is 3.26. The molecule has 0 amide bonds. The number of piperazine rings is 1. The van der Waals surface area contributed by atoms with E-state index in [1.807, 2.05) is 12.3 Å². The van der Waals surface area contributed by atoms with Crippen molar-refractivity contribution in [2.45, 2.75) is 13.0 Å². The van der Waals surface area contributed by atoms with Gasteiger partial charge in [0.05, 0.1) is 0 Å². The lowest BCUT2D eigenvalue weighted by Gasteiger charge is -2.39. The van der Waals surface area contributed by atoms with Gasteiger partial charge in [-0.2, -0.15) is 0 Å². The standard InChI is InChI=1S/C11H16BrN3/c1-9-8-14(2)5-6-15(9)11-4-3-10(12)7-13-11/h3-4,7,9H,5-6,8H2,1-2H3. The molecule has 3 nitrogen and oxygen atoms in total. The summed E-state index contributed by atoms with van der Waals surface area (Å²) in [6, 6.07) is 4.66. The van der Waals surface area contributed by atoms with E-state index >= 15 is 0 Å². The largest absolute Gasteiger partial charge is 0.351 e. The van der Waals surface area contributed by atoms with E-state index in [9.17, 15) is 0 Å². The van der Waals surface area contributed by atoms with Crippen LogP contribution in [0.2, 0.25) is 0 Å². The second kappa shape index (κ2) is 4.49. The maximum Gasteiger partial charge on any atom is 0.128 e.